The third-order valence-electron chi connectivity index (χ3n) is 3.60. The summed E-state index contributed by atoms with van der Waals surface area (Å²) in [6, 6.07) is 15.8. The van der Waals surface area contributed by atoms with E-state index in [2.05, 4.69) is 6.07 Å². The topological polar surface area (TPSA) is 20.3 Å². The van der Waals surface area contributed by atoms with Gasteiger partial charge in [-0.3, -0.25) is 4.79 Å². The lowest BCUT2D eigenvalue weighted by Gasteiger charge is -2.29. The predicted octanol–water partition coefficient (Wildman–Crippen LogP) is 4.41. The fourth-order valence-electron chi connectivity index (χ4n) is 2.57. The van der Waals surface area contributed by atoms with E-state index in [1.165, 1.54) is 17.3 Å². The van der Waals surface area contributed by atoms with Crippen molar-refractivity contribution in [1.82, 2.24) is 0 Å². The summed E-state index contributed by atoms with van der Waals surface area (Å²) < 4.78 is 0. The number of halogens is 1. The van der Waals surface area contributed by atoms with Crippen molar-refractivity contribution in [2.45, 2.75) is 17.7 Å². The lowest BCUT2D eigenvalue weighted by molar-refractivity contribution is -0.116. The summed E-state index contributed by atoms with van der Waals surface area (Å²) in [7, 11) is 0. The molecule has 4 heteroatoms. The Kier molecular flexibility index (Phi) is 4.51. The first kappa shape index (κ1) is 14.5. The van der Waals surface area contributed by atoms with Crippen LogP contribution in [0.1, 0.15) is 12.0 Å². The van der Waals surface area contributed by atoms with E-state index in [9.17, 15) is 4.79 Å². The number of carbonyl (C=O) groups is 1. The van der Waals surface area contributed by atoms with E-state index in [0.29, 0.717) is 10.8 Å². The van der Waals surface area contributed by atoms with Crippen LogP contribution in [0.4, 0.5) is 5.69 Å². The minimum absolute atomic E-state index is 0.145. The molecule has 1 aliphatic heterocycles. The van der Waals surface area contributed by atoms with Crippen molar-refractivity contribution in [3.63, 3.8) is 0 Å². The minimum atomic E-state index is 0.145. The van der Waals surface area contributed by atoms with Crippen LogP contribution >= 0.6 is 23.4 Å². The van der Waals surface area contributed by atoms with Crippen LogP contribution in [0.3, 0.4) is 0 Å². The second kappa shape index (κ2) is 6.54. The van der Waals surface area contributed by atoms with Crippen LogP contribution in [-0.2, 0) is 11.2 Å². The van der Waals surface area contributed by atoms with Crippen molar-refractivity contribution in [1.29, 1.82) is 0 Å². The van der Waals surface area contributed by atoms with Crippen LogP contribution in [0.5, 0.6) is 0 Å². The number of benzene rings is 2. The smallest absolute Gasteiger partial charge is 0.237 e. The Morgan fingerprint density at radius 2 is 1.90 bits per heavy atom. The summed E-state index contributed by atoms with van der Waals surface area (Å²) in [5.41, 5.74) is 2.33. The Balaban J connectivity index is 1.71. The maximum absolute atomic E-state index is 12.5. The molecule has 0 N–H and O–H groups in total. The first-order valence-corrected chi connectivity index (χ1v) is 8.37. The second-order valence-corrected chi connectivity index (χ2v) is 6.42. The van der Waals surface area contributed by atoms with Crippen molar-refractivity contribution in [3.05, 3.63) is 59.1 Å². The third-order valence-corrected chi connectivity index (χ3v) is 5.10. The summed E-state index contributed by atoms with van der Waals surface area (Å²) in [6.07, 6.45) is 2.08. The fraction of sp³-hybridized carbons (Fsp3) is 0.235. The Morgan fingerprint density at radius 1 is 1.14 bits per heavy atom. The van der Waals surface area contributed by atoms with Gasteiger partial charge in [0.2, 0.25) is 5.91 Å². The van der Waals surface area contributed by atoms with Gasteiger partial charge in [-0.05, 0) is 36.6 Å². The molecule has 0 aromatic heterocycles. The first-order chi connectivity index (χ1) is 10.3. The van der Waals surface area contributed by atoms with Gasteiger partial charge in [-0.15, -0.1) is 11.8 Å². The third kappa shape index (κ3) is 3.25. The van der Waals surface area contributed by atoms with E-state index in [0.717, 1.165) is 30.0 Å². The predicted molar refractivity (Wildman–Crippen MR) is 89.3 cm³/mol. The maximum Gasteiger partial charge on any atom is 0.237 e. The average molecular weight is 318 g/mol. The summed E-state index contributed by atoms with van der Waals surface area (Å²) >= 11 is 7.63. The van der Waals surface area contributed by atoms with Gasteiger partial charge in [0.05, 0.1) is 10.8 Å². The highest BCUT2D eigenvalue weighted by Crippen LogP contribution is 2.30. The highest BCUT2D eigenvalue weighted by atomic mass is 35.5. The molecule has 2 aromatic rings. The largest absolute Gasteiger partial charge is 0.311 e. The molecule has 1 aliphatic rings. The van der Waals surface area contributed by atoms with Crippen LogP contribution in [0, 0.1) is 0 Å². The molecule has 0 saturated heterocycles. The minimum Gasteiger partial charge on any atom is -0.311 e. The quantitative estimate of drug-likeness (QED) is 0.781. The Hall–Kier alpha value is -1.45. The lowest BCUT2D eigenvalue weighted by Crippen LogP contribution is -2.36. The van der Waals surface area contributed by atoms with E-state index in [4.69, 9.17) is 11.6 Å². The molecule has 0 spiro atoms. The zero-order valence-electron chi connectivity index (χ0n) is 11.6. The van der Waals surface area contributed by atoms with Gasteiger partial charge in [0.25, 0.3) is 0 Å². The van der Waals surface area contributed by atoms with Crippen molar-refractivity contribution >= 4 is 35.0 Å². The number of hydrogen-bond acceptors (Lipinski definition) is 2. The van der Waals surface area contributed by atoms with Crippen molar-refractivity contribution in [2.24, 2.45) is 0 Å². The van der Waals surface area contributed by atoms with E-state index < -0.39 is 0 Å². The summed E-state index contributed by atoms with van der Waals surface area (Å²) in [4.78, 5) is 15.4. The summed E-state index contributed by atoms with van der Waals surface area (Å²) in [5.74, 6) is 0.560. The average Bonchev–Trinajstić information content (AvgIpc) is 2.53. The zero-order valence-corrected chi connectivity index (χ0v) is 13.2. The van der Waals surface area contributed by atoms with Gasteiger partial charge < -0.3 is 4.90 Å². The molecule has 21 heavy (non-hydrogen) atoms. The first-order valence-electron chi connectivity index (χ1n) is 7.01. The van der Waals surface area contributed by atoms with Crippen molar-refractivity contribution in [2.75, 3.05) is 17.2 Å². The van der Waals surface area contributed by atoms with E-state index in [1.807, 2.05) is 47.4 Å². The molecular weight excluding hydrogens is 302 g/mol. The number of para-hydroxylation sites is 1. The molecular formula is C17H16ClNOS. The molecule has 2 aromatic carbocycles. The van der Waals surface area contributed by atoms with Gasteiger partial charge in [-0.1, -0.05) is 41.9 Å². The Labute approximate surface area is 134 Å². The van der Waals surface area contributed by atoms with Crippen LogP contribution < -0.4 is 4.90 Å². The molecule has 0 bridgehead atoms. The molecule has 3 rings (SSSR count). The van der Waals surface area contributed by atoms with Crippen LogP contribution in [-0.4, -0.2) is 18.2 Å². The highest BCUT2D eigenvalue weighted by molar-refractivity contribution is 8.00. The molecule has 108 valence electrons. The standard InChI is InChI=1S/C17H16ClNOS/c18-14-8-2-4-10-16(14)21-12-17(20)19-11-5-7-13-6-1-3-9-15(13)19/h1-4,6,8-10H,5,7,11-12H2. The van der Waals surface area contributed by atoms with Crippen molar-refractivity contribution < 1.29 is 4.79 Å². The van der Waals surface area contributed by atoms with E-state index in [1.54, 1.807) is 0 Å². The van der Waals surface area contributed by atoms with Gasteiger partial charge in [0.1, 0.15) is 0 Å². The lowest BCUT2D eigenvalue weighted by atomic mass is 10.0. The number of fused-ring (bicyclic) bond motifs is 1. The zero-order chi connectivity index (χ0) is 14.7. The molecule has 0 unspecified atom stereocenters. The number of aryl methyl sites for hydroxylation is 1. The SMILES string of the molecule is O=C(CSc1ccccc1Cl)N1CCCc2ccccc21. The molecule has 1 heterocycles. The Morgan fingerprint density at radius 3 is 2.76 bits per heavy atom. The second-order valence-electron chi connectivity index (χ2n) is 5.00. The van der Waals surface area contributed by atoms with Gasteiger partial charge in [-0.2, -0.15) is 0 Å². The monoisotopic (exact) mass is 317 g/mol. The van der Waals surface area contributed by atoms with Crippen LogP contribution in [0.25, 0.3) is 0 Å². The van der Waals surface area contributed by atoms with Gasteiger partial charge >= 0.3 is 0 Å². The number of anilines is 1. The number of thioether (sulfide) groups is 1. The van der Waals surface area contributed by atoms with Crippen LogP contribution in [0.15, 0.2) is 53.4 Å². The highest BCUT2D eigenvalue weighted by Gasteiger charge is 2.22. The number of nitrogens with zero attached hydrogens (tertiary/aromatic N) is 1. The van der Waals surface area contributed by atoms with Gasteiger partial charge in [0.15, 0.2) is 0 Å². The van der Waals surface area contributed by atoms with Crippen molar-refractivity contribution in [3.8, 4) is 0 Å². The van der Waals surface area contributed by atoms with Crippen LogP contribution in [0.2, 0.25) is 5.02 Å². The molecule has 0 radical (unpaired) electrons. The summed E-state index contributed by atoms with van der Waals surface area (Å²) in [5, 5.41) is 0.703. The number of carbonyl (C=O) groups excluding carboxylic acids is 1. The Bertz CT molecular complexity index is 659. The van der Waals surface area contributed by atoms with E-state index in [-0.39, 0.29) is 5.91 Å². The maximum atomic E-state index is 12.5. The van der Waals surface area contributed by atoms with E-state index >= 15 is 0 Å². The molecule has 2 nitrogen and oxygen atoms in total. The molecule has 0 fully saturated rings. The van der Waals surface area contributed by atoms with Gasteiger partial charge in [-0.25, -0.2) is 0 Å². The molecule has 0 aliphatic carbocycles. The number of rotatable bonds is 3. The molecule has 0 saturated carbocycles. The molecule has 1 amide bonds. The molecule has 0 atom stereocenters. The summed E-state index contributed by atoms with van der Waals surface area (Å²) in [6.45, 7) is 0.804. The fourth-order valence-corrected chi connectivity index (χ4v) is 3.69. The number of amides is 1. The number of hydrogen-bond donors (Lipinski definition) is 0. The normalized spacial score (nSPS) is 13.9. The van der Waals surface area contributed by atoms with Gasteiger partial charge in [0, 0.05) is 17.1 Å².